The predicted molar refractivity (Wildman–Crippen MR) is 43.7 cm³/mol. The quantitative estimate of drug-likeness (QED) is 0.490. The molecule has 0 aliphatic carbocycles. The van der Waals surface area contributed by atoms with Crippen LogP contribution in [0.3, 0.4) is 0 Å². The van der Waals surface area contributed by atoms with Gasteiger partial charge in [-0.1, -0.05) is 13.8 Å². The third-order valence-corrected chi connectivity index (χ3v) is 1.08. The van der Waals surface area contributed by atoms with Crippen molar-refractivity contribution in [3.05, 3.63) is 35.4 Å². The predicted octanol–water partition coefficient (Wildman–Crippen LogP) is 2.95. The first-order valence-corrected chi connectivity index (χ1v) is 9.95. The third kappa shape index (κ3) is 4.19. The summed E-state index contributed by atoms with van der Waals surface area (Å²) < 4.78 is 0. The fourth-order valence-electron chi connectivity index (χ4n) is 0.747. The van der Waals surface area contributed by atoms with Crippen LogP contribution in [0.1, 0.15) is 11.1 Å². The zero-order valence-corrected chi connectivity index (χ0v) is 10.9. The summed E-state index contributed by atoms with van der Waals surface area (Å²) in [5.74, 6) is 0. The van der Waals surface area contributed by atoms with Crippen molar-refractivity contribution >= 4 is 13.6 Å². The zero-order chi connectivity index (χ0) is 7.98. The van der Waals surface area contributed by atoms with E-state index in [1.54, 1.807) is 0 Å². The molecule has 0 aliphatic heterocycles. The first kappa shape index (κ1) is 10.3. The SMILES string of the molecule is Cc1c[c-]cc(C)c1.[Zn+][Br]. The Bertz CT molecular complexity index is 169. The molecule has 0 heterocycles. The van der Waals surface area contributed by atoms with Crippen molar-refractivity contribution in [3.63, 3.8) is 0 Å². The second-order valence-electron chi connectivity index (χ2n) is 2.09. The summed E-state index contributed by atoms with van der Waals surface area (Å²) in [7, 11) is 0. The molecule has 0 aromatic heterocycles. The Labute approximate surface area is 79.1 Å². The van der Waals surface area contributed by atoms with Gasteiger partial charge in [0.05, 0.1) is 0 Å². The van der Waals surface area contributed by atoms with Gasteiger partial charge in [-0.2, -0.15) is 35.4 Å². The van der Waals surface area contributed by atoms with Crippen LogP contribution in [0.4, 0.5) is 0 Å². The van der Waals surface area contributed by atoms with Gasteiger partial charge in [0.25, 0.3) is 0 Å². The molecule has 0 aliphatic rings. The maximum absolute atomic E-state index is 3.06. The van der Waals surface area contributed by atoms with Crippen molar-refractivity contribution < 1.29 is 16.3 Å². The van der Waals surface area contributed by atoms with Crippen LogP contribution in [0.15, 0.2) is 18.2 Å². The van der Waals surface area contributed by atoms with Crippen LogP contribution in [0.2, 0.25) is 0 Å². The minimum atomic E-state index is 1.19. The van der Waals surface area contributed by atoms with Crippen LogP contribution in [0.25, 0.3) is 0 Å². The Hall–Kier alpha value is 0.323. The molecule has 0 saturated carbocycles. The molecule has 0 spiro atoms. The first-order valence-electron chi connectivity index (χ1n) is 3.00. The van der Waals surface area contributed by atoms with Gasteiger partial charge in [-0.05, 0) is 0 Å². The van der Waals surface area contributed by atoms with Crippen LogP contribution in [0.5, 0.6) is 0 Å². The van der Waals surface area contributed by atoms with E-state index in [1.165, 1.54) is 27.5 Å². The van der Waals surface area contributed by atoms with E-state index in [2.05, 4.69) is 39.6 Å². The monoisotopic (exact) mass is 248 g/mol. The summed E-state index contributed by atoms with van der Waals surface area (Å²) in [6.07, 6.45) is 0. The van der Waals surface area contributed by atoms with Crippen molar-refractivity contribution in [3.8, 4) is 0 Å². The molecule has 0 amide bonds. The molecule has 0 atom stereocenters. The Morgan fingerprint density at radius 3 is 1.80 bits per heavy atom. The molecular formula is C8H9BrZn. The van der Waals surface area contributed by atoms with Gasteiger partial charge in [-0.15, -0.1) is 0 Å². The molecule has 0 unspecified atom stereocenters. The average molecular weight is 250 g/mol. The number of hydrogen-bond donors (Lipinski definition) is 0. The van der Waals surface area contributed by atoms with Crippen LogP contribution in [-0.4, -0.2) is 0 Å². The van der Waals surface area contributed by atoms with Crippen LogP contribution >= 0.6 is 13.6 Å². The van der Waals surface area contributed by atoms with Crippen LogP contribution in [0, 0.1) is 19.9 Å². The van der Waals surface area contributed by atoms with E-state index in [1.807, 2.05) is 12.1 Å². The van der Waals surface area contributed by atoms with Gasteiger partial charge in [0, 0.05) is 0 Å². The molecule has 1 rings (SSSR count). The fourth-order valence-corrected chi connectivity index (χ4v) is 0.747. The summed E-state index contributed by atoms with van der Waals surface area (Å²) in [5, 5.41) is 0. The number of aryl methyl sites for hydroxylation is 2. The number of benzene rings is 1. The molecule has 0 nitrogen and oxygen atoms in total. The summed E-state index contributed by atoms with van der Waals surface area (Å²) in [6, 6.07) is 9.12. The molecular weight excluding hydrogens is 241 g/mol. The minimum absolute atomic E-state index is 1.19. The Morgan fingerprint density at radius 2 is 1.60 bits per heavy atom. The van der Waals surface area contributed by atoms with Crippen molar-refractivity contribution in [2.75, 3.05) is 0 Å². The summed E-state index contributed by atoms with van der Waals surface area (Å²) in [4.78, 5) is 0. The molecule has 50 valence electrons. The summed E-state index contributed by atoms with van der Waals surface area (Å²) in [6.45, 7) is 4.15. The zero-order valence-electron chi connectivity index (χ0n) is 6.32. The summed E-state index contributed by atoms with van der Waals surface area (Å²) in [5.41, 5.74) is 2.56. The molecule has 2 heteroatoms. The van der Waals surface area contributed by atoms with Crippen molar-refractivity contribution in [1.82, 2.24) is 0 Å². The third-order valence-electron chi connectivity index (χ3n) is 1.08. The average Bonchev–Trinajstić information content (AvgIpc) is 1.91. The van der Waals surface area contributed by atoms with E-state index >= 15 is 0 Å². The Balaban J connectivity index is 0.000000371. The standard InChI is InChI=1S/C8H9.BrH.Zn/c1-7-4-3-5-8(2)6-7;;/h4-6H,1-2H3;1H;/q-1;;+2/p-1. The van der Waals surface area contributed by atoms with Gasteiger partial charge in [-0.25, -0.2) is 0 Å². The number of hydrogen-bond acceptors (Lipinski definition) is 0. The van der Waals surface area contributed by atoms with Crippen molar-refractivity contribution in [2.24, 2.45) is 0 Å². The molecule has 10 heavy (non-hydrogen) atoms. The van der Waals surface area contributed by atoms with Crippen LogP contribution in [-0.2, 0) is 16.3 Å². The van der Waals surface area contributed by atoms with Gasteiger partial charge in [0.15, 0.2) is 0 Å². The van der Waals surface area contributed by atoms with E-state index in [0.29, 0.717) is 0 Å². The van der Waals surface area contributed by atoms with Gasteiger partial charge in [0.2, 0.25) is 0 Å². The van der Waals surface area contributed by atoms with Gasteiger partial charge >= 0.3 is 30.0 Å². The number of halogens is 1. The Kier molecular flexibility index (Phi) is 6.26. The van der Waals surface area contributed by atoms with Crippen molar-refractivity contribution in [2.45, 2.75) is 13.8 Å². The molecule has 0 bridgehead atoms. The molecule has 1 aromatic rings. The molecule has 0 fully saturated rings. The Morgan fingerprint density at radius 1 is 1.20 bits per heavy atom. The van der Waals surface area contributed by atoms with E-state index in [-0.39, 0.29) is 0 Å². The van der Waals surface area contributed by atoms with Gasteiger partial charge in [0.1, 0.15) is 0 Å². The first-order chi connectivity index (χ1) is 4.79. The second-order valence-corrected chi connectivity index (χ2v) is 2.09. The summed E-state index contributed by atoms with van der Waals surface area (Å²) >= 11 is 4.25. The number of rotatable bonds is 0. The van der Waals surface area contributed by atoms with Gasteiger partial charge < -0.3 is 0 Å². The molecule has 0 radical (unpaired) electrons. The topological polar surface area (TPSA) is 0 Å². The fraction of sp³-hybridized carbons (Fsp3) is 0.250. The molecule has 0 saturated heterocycles. The second kappa shape index (κ2) is 6.06. The molecule has 0 N–H and O–H groups in total. The molecule has 1 aromatic carbocycles. The van der Waals surface area contributed by atoms with E-state index < -0.39 is 0 Å². The normalized spacial score (nSPS) is 8.10. The van der Waals surface area contributed by atoms with E-state index in [4.69, 9.17) is 0 Å². The maximum atomic E-state index is 3.06. The van der Waals surface area contributed by atoms with Crippen LogP contribution < -0.4 is 0 Å². The van der Waals surface area contributed by atoms with E-state index in [0.717, 1.165) is 0 Å². The van der Waals surface area contributed by atoms with Crippen molar-refractivity contribution in [1.29, 1.82) is 0 Å². The van der Waals surface area contributed by atoms with E-state index in [9.17, 15) is 0 Å². The van der Waals surface area contributed by atoms with Gasteiger partial charge in [-0.3, -0.25) is 0 Å².